The number of nitrogens with two attached hydrogens (primary N) is 1. The minimum Gasteiger partial charge on any atom is -0.395 e. The highest BCUT2D eigenvalue weighted by molar-refractivity contribution is 5.83. The fourth-order valence-electron chi connectivity index (χ4n) is 1.81. The first-order valence-electron chi connectivity index (χ1n) is 5.13. The summed E-state index contributed by atoms with van der Waals surface area (Å²) in [6, 6.07) is 6.11. The lowest BCUT2D eigenvalue weighted by molar-refractivity contribution is 0.265. The molecule has 3 heteroatoms. The average Bonchev–Trinajstić information content (AvgIpc) is 2.61. The molecule has 0 aliphatic carbocycles. The molecule has 1 aromatic heterocycles. The maximum atomic E-state index is 8.93. The molecule has 1 atom stereocenters. The highest BCUT2D eigenvalue weighted by atomic mass is 16.3. The Labute approximate surface area is 88.9 Å². The summed E-state index contributed by atoms with van der Waals surface area (Å²) >= 11 is 0. The van der Waals surface area contributed by atoms with Gasteiger partial charge in [0.25, 0.3) is 0 Å². The van der Waals surface area contributed by atoms with Crippen molar-refractivity contribution in [1.29, 1.82) is 0 Å². The number of aromatic nitrogens is 1. The van der Waals surface area contributed by atoms with E-state index in [4.69, 9.17) is 10.8 Å². The van der Waals surface area contributed by atoms with E-state index in [2.05, 4.69) is 30.1 Å². The Hall–Kier alpha value is -1.32. The van der Waals surface area contributed by atoms with E-state index in [1.807, 2.05) is 6.20 Å². The third kappa shape index (κ3) is 2.03. The first kappa shape index (κ1) is 10.2. The number of aromatic amines is 1. The van der Waals surface area contributed by atoms with Crippen LogP contribution in [0.1, 0.15) is 11.1 Å². The smallest absolute Gasteiger partial charge is 0.0585 e. The lowest BCUT2D eigenvalue weighted by atomic mass is 10.0. The number of aryl methyl sites for hydroxylation is 1. The van der Waals surface area contributed by atoms with Crippen LogP contribution in [0.3, 0.4) is 0 Å². The van der Waals surface area contributed by atoms with E-state index in [1.54, 1.807) is 0 Å². The summed E-state index contributed by atoms with van der Waals surface area (Å²) in [5.74, 6) is 0. The number of aliphatic hydroxyl groups excluding tert-OH is 1. The number of hydrogen-bond donors (Lipinski definition) is 3. The van der Waals surface area contributed by atoms with Crippen molar-refractivity contribution >= 4 is 10.9 Å². The molecule has 0 radical (unpaired) electrons. The fourth-order valence-corrected chi connectivity index (χ4v) is 1.81. The number of H-pyrrole nitrogens is 1. The summed E-state index contributed by atoms with van der Waals surface area (Å²) in [6.45, 7) is 2.10. The number of rotatable bonds is 3. The molecule has 0 saturated carbocycles. The molecule has 0 aliphatic heterocycles. The zero-order valence-electron chi connectivity index (χ0n) is 8.83. The van der Waals surface area contributed by atoms with Gasteiger partial charge in [-0.15, -0.1) is 0 Å². The number of nitrogens with one attached hydrogen (secondary N) is 1. The Bertz CT molecular complexity index is 462. The molecule has 1 aromatic carbocycles. The SMILES string of the molecule is Cc1ccc2[nH]cc(C[C@H](N)CO)c2c1. The molecule has 1 heterocycles. The zero-order chi connectivity index (χ0) is 10.8. The molecule has 0 spiro atoms. The van der Waals surface area contributed by atoms with Crippen molar-refractivity contribution in [3.05, 3.63) is 35.5 Å². The Morgan fingerprint density at radius 1 is 1.47 bits per heavy atom. The van der Waals surface area contributed by atoms with Crippen molar-refractivity contribution in [2.45, 2.75) is 19.4 Å². The molecule has 0 saturated heterocycles. The van der Waals surface area contributed by atoms with Crippen molar-refractivity contribution in [2.75, 3.05) is 6.61 Å². The largest absolute Gasteiger partial charge is 0.395 e. The average molecular weight is 204 g/mol. The van der Waals surface area contributed by atoms with Crippen LogP contribution in [0.4, 0.5) is 0 Å². The van der Waals surface area contributed by atoms with Crippen LogP contribution in [0.5, 0.6) is 0 Å². The summed E-state index contributed by atoms with van der Waals surface area (Å²) < 4.78 is 0. The molecule has 80 valence electrons. The second-order valence-corrected chi connectivity index (χ2v) is 4.01. The van der Waals surface area contributed by atoms with Crippen molar-refractivity contribution in [2.24, 2.45) is 5.73 Å². The predicted molar refractivity (Wildman–Crippen MR) is 61.8 cm³/mol. The Morgan fingerprint density at radius 3 is 3.00 bits per heavy atom. The lowest BCUT2D eigenvalue weighted by Gasteiger charge is -2.06. The molecular formula is C12H16N2O. The zero-order valence-corrected chi connectivity index (χ0v) is 8.83. The van der Waals surface area contributed by atoms with E-state index < -0.39 is 0 Å². The molecule has 0 bridgehead atoms. The van der Waals surface area contributed by atoms with E-state index >= 15 is 0 Å². The van der Waals surface area contributed by atoms with Gasteiger partial charge in [0.2, 0.25) is 0 Å². The Kier molecular flexibility index (Phi) is 2.75. The second-order valence-electron chi connectivity index (χ2n) is 4.01. The van der Waals surface area contributed by atoms with E-state index in [9.17, 15) is 0 Å². The molecule has 0 fully saturated rings. The van der Waals surface area contributed by atoms with Gasteiger partial charge < -0.3 is 15.8 Å². The molecule has 4 N–H and O–H groups in total. The van der Waals surface area contributed by atoms with E-state index in [-0.39, 0.29) is 12.6 Å². The van der Waals surface area contributed by atoms with Crippen molar-refractivity contribution in [1.82, 2.24) is 4.98 Å². The second kappa shape index (κ2) is 4.04. The summed E-state index contributed by atoms with van der Waals surface area (Å²) in [7, 11) is 0. The van der Waals surface area contributed by atoms with Crippen LogP contribution < -0.4 is 5.73 Å². The Morgan fingerprint density at radius 2 is 2.27 bits per heavy atom. The lowest BCUT2D eigenvalue weighted by Crippen LogP contribution is -2.26. The van der Waals surface area contributed by atoms with Crippen LogP contribution in [0.15, 0.2) is 24.4 Å². The number of aliphatic hydroxyl groups is 1. The van der Waals surface area contributed by atoms with Gasteiger partial charge in [-0.1, -0.05) is 11.6 Å². The molecule has 15 heavy (non-hydrogen) atoms. The van der Waals surface area contributed by atoms with E-state index in [0.29, 0.717) is 6.42 Å². The highest BCUT2D eigenvalue weighted by Gasteiger charge is 2.07. The van der Waals surface area contributed by atoms with Crippen LogP contribution >= 0.6 is 0 Å². The van der Waals surface area contributed by atoms with Gasteiger partial charge in [-0.2, -0.15) is 0 Å². The monoisotopic (exact) mass is 204 g/mol. The van der Waals surface area contributed by atoms with Gasteiger partial charge in [0.15, 0.2) is 0 Å². The molecule has 2 rings (SSSR count). The predicted octanol–water partition coefficient (Wildman–Crippen LogP) is 1.34. The summed E-state index contributed by atoms with van der Waals surface area (Å²) in [6.07, 6.45) is 2.68. The maximum absolute atomic E-state index is 8.93. The maximum Gasteiger partial charge on any atom is 0.0585 e. The minimum atomic E-state index is -0.176. The Balaban J connectivity index is 2.39. The third-order valence-electron chi connectivity index (χ3n) is 2.64. The molecule has 0 unspecified atom stereocenters. The summed E-state index contributed by atoms with van der Waals surface area (Å²) in [4.78, 5) is 3.21. The topological polar surface area (TPSA) is 62.0 Å². The van der Waals surface area contributed by atoms with Gasteiger partial charge in [-0.25, -0.2) is 0 Å². The molecule has 2 aromatic rings. The van der Waals surface area contributed by atoms with E-state index in [1.165, 1.54) is 16.5 Å². The quantitative estimate of drug-likeness (QED) is 0.706. The molecular weight excluding hydrogens is 188 g/mol. The third-order valence-corrected chi connectivity index (χ3v) is 2.64. The molecule has 0 amide bonds. The van der Waals surface area contributed by atoms with Crippen molar-refractivity contribution in [3.8, 4) is 0 Å². The van der Waals surface area contributed by atoms with Gasteiger partial charge in [0, 0.05) is 23.1 Å². The van der Waals surface area contributed by atoms with Gasteiger partial charge in [0.1, 0.15) is 0 Å². The summed E-state index contributed by atoms with van der Waals surface area (Å²) in [5, 5.41) is 10.1. The minimum absolute atomic E-state index is 0.0263. The fraction of sp³-hybridized carbons (Fsp3) is 0.333. The van der Waals surface area contributed by atoms with Crippen LogP contribution in [0.25, 0.3) is 10.9 Å². The van der Waals surface area contributed by atoms with Crippen LogP contribution in [-0.4, -0.2) is 22.7 Å². The van der Waals surface area contributed by atoms with Gasteiger partial charge in [-0.05, 0) is 31.0 Å². The van der Waals surface area contributed by atoms with Crippen LogP contribution in [0, 0.1) is 6.92 Å². The van der Waals surface area contributed by atoms with Gasteiger partial charge in [-0.3, -0.25) is 0 Å². The molecule has 3 nitrogen and oxygen atoms in total. The van der Waals surface area contributed by atoms with Gasteiger partial charge >= 0.3 is 0 Å². The number of benzene rings is 1. The number of fused-ring (bicyclic) bond motifs is 1. The van der Waals surface area contributed by atoms with Gasteiger partial charge in [0.05, 0.1) is 6.61 Å². The highest BCUT2D eigenvalue weighted by Crippen LogP contribution is 2.20. The van der Waals surface area contributed by atoms with E-state index in [0.717, 1.165) is 5.52 Å². The number of hydrogen-bond acceptors (Lipinski definition) is 2. The normalized spacial score (nSPS) is 13.3. The summed E-state index contributed by atoms with van der Waals surface area (Å²) in [5.41, 5.74) is 9.27. The standard InChI is InChI=1S/C12H16N2O/c1-8-2-3-12-11(4-8)9(6-14-12)5-10(13)7-15/h2-4,6,10,14-15H,5,7,13H2,1H3/t10-/m0/s1. The van der Waals surface area contributed by atoms with Crippen molar-refractivity contribution < 1.29 is 5.11 Å². The van der Waals surface area contributed by atoms with Crippen molar-refractivity contribution in [3.63, 3.8) is 0 Å². The van der Waals surface area contributed by atoms with Crippen LogP contribution in [0.2, 0.25) is 0 Å². The first-order valence-corrected chi connectivity index (χ1v) is 5.13. The van der Waals surface area contributed by atoms with Crippen LogP contribution in [-0.2, 0) is 6.42 Å². The molecule has 0 aliphatic rings. The first-order chi connectivity index (χ1) is 7.20.